The molecule has 2 atom stereocenters. The second-order valence-corrected chi connectivity index (χ2v) is 9.11. The van der Waals surface area contributed by atoms with Crippen molar-refractivity contribution in [1.82, 2.24) is 5.32 Å². The Kier molecular flexibility index (Phi) is 7.78. The van der Waals surface area contributed by atoms with Crippen LogP contribution in [0.3, 0.4) is 0 Å². The first kappa shape index (κ1) is 25.1. The average Bonchev–Trinajstić information content (AvgIpc) is 2.91. The Bertz CT molecular complexity index is 1190. The van der Waals surface area contributed by atoms with Crippen molar-refractivity contribution in [2.24, 2.45) is 5.92 Å². The summed E-state index contributed by atoms with van der Waals surface area (Å²) in [6, 6.07) is 22.6. The predicted molar refractivity (Wildman–Crippen MR) is 142 cm³/mol. The molecule has 1 saturated heterocycles. The SMILES string of the molecule is COc1ccc(C2C(C(=O)NCc3cccc(N(C)C)c3)CCC(=O)N2c2ccc(OC)cc2)cc1. The van der Waals surface area contributed by atoms with Crippen molar-refractivity contribution in [2.75, 3.05) is 38.1 Å². The Morgan fingerprint density at radius 3 is 2.22 bits per heavy atom. The van der Waals surface area contributed by atoms with Crippen LogP contribution in [0.5, 0.6) is 11.5 Å². The van der Waals surface area contributed by atoms with E-state index in [0.29, 0.717) is 25.1 Å². The summed E-state index contributed by atoms with van der Waals surface area (Å²) in [5, 5.41) is 3.12. The van der Waals surface area contributed by atoms with Crippen LogP contribution in [-0.2, 0) is 16.1 Å². The number of piperidine rings is 1. The summed E-state index contributed by atoms with van der Waals surface area (Å²) in [6.07, 6.45) is 0.776. The van der Waals surface area contributed by atoms with Gasteiger partial charge < -0.3 is 24.6 Å². The minimum Gasteiger partial charge on any atom is -0.497 e. The summed E-state index contributed by atoms with van der Waals surface area (Å²) in [7, 11) is 7.20. The molecule has 0 aliphatic carbocycles. The Labute approximate surface area is 212 Å². The van der Waals surface area contributed by atoms with Gasteiger partial charge in [-0.2, -0.15) is 0 Å². The number of hydrogen-bond donors (Lipinski definition) is 1. The van der Waals surface area contributed by atoms with E-state index in [2.05, 4.69) is 11.4 Å². The Morgan fingerprint density at radius 2 is 1.61 bits per heavy atom. The number of nitrogens with one attached hydrogen (secondary N) is 1. The van der Waals surface area contributed by atoms with Crippen LogP contribution in [-0.4, -0.2) is 40.1 Å². The lowest BCUT2D eigenvalue weighted by Crippen LogP contribution is -2.48. The normalized spacial score (nSPS) is 17.4. The number of hydrogen-bond acceptors (Lipinski definition) is 5. The molecule has 4 rings (SSSR count). The zero-order valence-electron chi connectivity index (χ0n) is 21.2. The summed E-state index contributed by atoms with van der Waals surface area (Å²) in [5.74, 6) is 0.938. The van der Waals surface area contributed by atoms with Crippen LogP contribution in [0, 0.1) is 5.92 Å². The lowest BCUT2D eigenvalue weighted by Gasteiger charge is -2.41. The van der Waals surface area contributed by atoms with Crippen molar-refractivity contribution in [3.05, 3.63) is 83.9 Å². The Hall–Kier alpha value is -4.00. The van der Waals surface area contributed by atoms with Crippen molar-refractivity contribution in [3.63, 3.8) is 0 Å². The molecule has 36 heavy (non-hydrogen) atoms. The van der Waals surface area contributed by atoms with Crippen molar-refractivity contribution in [3.8, 4) is 11.5 Å². The van der Waals surface area contributed by atoms with Gasteiger partial charge in [-0.3, -0.25) is 9.59 Å². The standard InChI is InChI=1S/C29H33N3O4/c1-31(2)23-7-5-6-20(18-23)19-30-29(34)26-16-17-27(33)32(22-10-14-25(36-4)15-11-22)28(26)21-8-12-24(35-3)13-9-21/h5-15,18,26,28H,16-17,19H2,1-4H3,(H,30,34). The van der Waals surface area contributed by atoms with Gasteiger partial charge in [-0.25, -0.2) is 0 Å². The minimum absolute atomic E-state index is 0.0104. The first-order chi connectivity index (χ1) is 17.4. The van der Waals surface area contributed by atoms with Gasteiger partial charge in [-0.1, -0.05) is 24.3 Å². The van der Waals surface area contributed by atoms with E-state index < -0.39 is 12.0 Å². The highest BCUT2D eigenvalue weighted by Gasteiger charge is 2.41. The summed E-state index contributed by atoms with van der Waals surface area (Å²) in [6.45, 7) is 0.419. The van der Waals surface area contributed by atoms with Crippen LogP contribution in [0.25, 0.3) is 0 Å². The fourth-order valence-electron chi connectivity index (χ4n) is 4.66. The summed E-state index contributed by atoms with van der Waals surface area (Å²) in [5.41, 5.74) is 3.72. The van der Waals surface area contributed by atoms with Crippen molar-refractivity contribution in [2.45, 2.75) is 25.4 Å². The maximum absolute atomic E-state index is 13.6. The van der Waals surface area contributed by atoms with Crippen LogP contribution < -0.4 is 24.6 Å². The second kappa shape index (κ2) is 11.2. The maximum Gasteiger partial charge on any atom is 0.227 e. The molecule has 2 unspecified atom stereocenters. The predicted octanol–water partition coefficient (Wildman–Crippen LogP) is 4.57. The zero-order valence-corrected chi connectivity index (χ0v) is 21.2. The van der Waals surface area contributed by atoms with Crippen LogP contribution in [0.15, 0.2) is 72.8 Å². The molecule has 1 aliphatic rings. The Balaban J connectivity index is 1.64. The Morgan fingerprint density at radius 1 is 0.972 bits per heavy atom. The van der Waals surface area contributed by atoms with E-state index >= 15 is 0 Å². The zero-order chi connectivity index (χ0) is 25.7. The van der Waals surface area contributed by atoms with Gasteiger partial charge in [0.05, 0.1) is 26.2 Å². The van der Waals surface area contributed by atoms with E-state index in [1.54, 1.807) is 19.1 Å². The summed E-state index contributed by atoms with van der Waals surface area (Å²) in [4.78, 5) is 30.6. The third-order valence-corrected chi connectivity index (χ3v) is 6.64. The molecule has 1 heterocycles. The minimum atomic E-state index is -0.446. The van der Waals surface area contributed by atoms with Gasteiger partial charge in [0, 0.05) is 38.4 Å². The lowest BCUT2D eigenvalue weighted by molar-refractivity contribution is -0.129. The number of methoxy groups -OCH3 is 2. The fraction of sp³-hybridized carbons (Fsp3) is 0.310. The number of rotatable bonds is 8. The highest BCUT2D eigenvalue weighted by molar-refractivity contribution is 5.97. The third kappa shape index (κ3) is 5.46. The highest BCUT2D eigenvalue weighted by atomic mass is 16.5. The van der Waals surface area contributed by atoms with Crippen molar-refractivity contribution >= 4 is 23.2 Å². The molecule has 0 saturated carbocycles. The topological polar surface area (TPSA) is 71.1 Å². The number of anilines is 2. The quantitative estimate of drug-likeness (QED) is 0.504. The molecular formula is C29H33N3O4. The number of amides is 2. The maximum atomic E-state index is 13.6. The van der Waals surface area contributed by atoms with Gasteiger partial charge in [-0.15, -0.1) is 0 Å². The monoisotopic (exact) mass is 487 g/mol. The number of benzene rings is 3. The molecule has 0 aromatic heterocycles. The van der Waals surface area contributed by atoms with E-state index in [1.165, 1.54) is 0 Å². The molecule has 2 amide bonds. The van der Waals surface area contributed by atoms with Crippen LogP contribution in [0.2, 0.25) is 0 Å². The summed E-state index contributed by atoms with van der Waals surface area (Å²) < 4.78 is 10.6. The molecule has 0 spiro atoms. The molecule has 3 aromatic carbocycles. The molecule has 1 aliphatic heterocycles. The molecule has 7 nitrogen and oxygen atoms in total. The van der Waals surface area contributed by atoms with Gasteiger partial charge in [0.2, 0.25) is 11.8 Å². The molecule has 0 radical (unpaired) electrons. The number of nitrogens with zero attached hydrogens (tertiary/aromatic N) is 2. The molecule has 3 aromatic rings. The number of carbonyl (C=O) groups excluding carboxylic acids is 2. The van der Waals surface area contributed by atoms with E-state index in [4.69, 9.17) is 9.47 Å². The fourth-order valence-corrected chi connectivity index (χ4v) is 4.66. The highest BCUT2D eigenvalue weighted by Crippen LogP contribution is 2.41. The molecule has 7 heteroatoms. The van der Waals surface area contributed by atoms with E-state index in [0.717, 1.165) is 28.3 Å². The van der Waals surface area contributed by atoms with E-state index in [-0.39, 0.29) is 11.8 Å². The molecule has 0 bridgehead atoms. The molecule has 1 fully saturated rings. The average molecular weight is 488 g/mol. The van der Waals surface area contributed by atoms with Gasteiger partial charge in [0.25, 0.3) is 0 Å². The van der Waals surface area contributed by atoms with Crippen LogP contribution >= 0.6 is 0 Å². The van der Waals surface area contributed by atoms with E-state index in [1.807, 2.05) is 85.7 Å². The van der Waals surface area contributed by atoms with Gasteiger partial charge >= 0.3 is 0 Å². The molecular weight excluding hydrogens is 454 g/mol. The van der Waals surface area contributed by atoms with Crippen molar-refractivity contribution in [1.29, 1.82) is 0 Å². The second-order valence-electron chi connectivity index (χ2n) is 9.11. The molecule has 1 N–H and O–H groups in total. The largest absolute Gasteiger partial charge is 0.497 e. The summed E-state index contributed by atoms with van der Waals surface area (Å²) >= 11 is 0. The first-order valence-electron chi connectivity index (χ1n) is 12.1. The smallest absolute Gasteiger partial charge is 0.227 e. The van der Waals surface area contributed by atoms with Gasteiger partial charge in [0.1, 0.15) is 11.5 Å². The lowest BCUT2D eigenvalue weighted by atomic mass is 9.83. The number of carbonyl (C=O) groups is 2. The van der Waals surface area contributed by atoms with Crippen molar-refractivity contribution < 1.29 is 19.1 Å². The van der Waals surface area contributed by atoms with Crippen LogP contribution in [0.4, 0.5) is 11.4 Å². The van der Waals surface area contributed by atoms with E-state index in [9.17, 15) is 9.59 Å². The van der Waals surface area contributed by atoms with Gasteiger partial charge in [-0.05, 0) is 66.1 Å². The number of ether oxygens (including phenoxy) is 2. The van der Waals surface area contributed by atoms with Gasteiger partial charge in [0.15, 0.2) is 0 Å². The van der Waals surface area contributed by atoms with Crippen LogP contribution in [0.1, 0.15) is 30.0 Å². The third-order valence-electron chi connectivity index (χ3n) is 6.64. The first-order valence-corrected chi connectivity index (χ1v) is 12.1. The molecule has 188 valence electrons.